The molecule has 3 N–H and O–H groups in total. The Kier molecular flexibility index (Phi) is 5.10. The van der Waals surface area contributed by atoms with Gasteiger partial charge in [-0.3, -0.25) is 9.69 Å². The molecule has 1 aliphatic rings. The second-order valence-corrected chi connectivity index (χ2v) is 5.41. The van der Waals surface area contributed by atoms with Gasteiger partial charge in [0.05, 0.1) is 17.7 Å². The third-order valence-electron chi connectivity index (χ3n) is 3.19. The van der Waals surface area contributed by atoms with Crippen molar-refractivity contribution in [2.45, 2.75) is 25.3 Å². The number of hydrogen-bond acceptors (Lipinski definition) is 5. The van der Waals surface area contributed by atoms with E-state index in [-0.39, 0.29) is 5.91 Å². The van der Waals surface area contributed by atoms with E-state index in [4.69, 9.17) is 5.73 Å². The Morgan fingerprint density at radius 1 is 1.56 bits per heavy atom. The lowest BCUT2D eigenvalue weighted by atomic mass is 10.1. The summed E-state index contributed by atoms with van der Waals surface area (Å²) in [6, 6.07) is 0.314. The minimum Gasteiger partial charge on any atom is -0.355 e. The van der Waals surface area contributed by atoms with Crippen LogP contribution in [-0.2, 0) is 11.2 Å². The van der Waals surface area contributed by atoms with Gasteiger partial charge in [0.2, 0.25) is 5.91 Å². The smallest absolute Gasteiger partial charge is 0.234 e. The standard InChI is InChI=1S/C12H20N4OS/c13-10-2-5-16(6-3-10)7-12(17)14-4-1-11-8-18-9-15-11/h8-10H,1-7,13H2,(H,14,17). The average molecular weight is 268 g/mol. The van der Waals surface area contributed by atoms with Crippen LogP contribution in [0.5, 0.6) is 0 Å². The van der Waals surface area contributed by atoms with Crippen molar-refractivity contribution in [1.82, 2.24) is 15.2 Å². The predicted molar refractivity (Wildman–Crippen MR) is 72.5 cm³/mol. The van der Waals surface area contributed by atoms with Crippen LogP contribution in [0.3, 0.4) is 0 Å². The molecule has 2 rings (SSSR count). The minimum absolute atomic E-state index is 0.0979. The van der Waals surface area contributed by atoms with Gasteiger partial charge in [-0.05, 0) is 12.8 Å². The fourth-order valence-corrected chi connectivity index (χ4v) is 2.65. The van der Waals surface area contributed by atoms with Gasteiger partial charge in [-0.1, -0.05) is 0 Å². The van der Waals surface area contributed by atoms with E-state index >= 15 is 0 Å². The van der Waals surface area contributed by atoms with Gasteiger partial charge in [0.25, 0.3) is 0 Å². The minimum atomic E-state index is 0.0979. The van der Waals surface area contributed by atoms with Crippen LogP contribution in [0.4, 0.5) is 0 Å². The second-order valence-electron chi connectivity index (χ2n) is 4.69. The SMILES string of the molecule is NC1CCN(CC(=O)NCCc2cscn2)CC1. The van der Waals surface area contributed by atoms with Crippen molar-refractivity contribution in [3.05, 3.63) is 16.6 Å². The molecule has 0 bridgehead atoms. The number of carbonyl (C=O) groups is 1. The van der Waals surface area contributed by atoms with E-state index in [0.29, 0.717) is 19.1 Å². The van der Waals surface area contributed by atoms with E-state index < -0.39 is 0 Å². The molecule has 1 amide bonds. The molecule has 0 spiro atoms. The normalized spacial score (nSPS) is 17.8. The first-order chi connectivity index (χ1) is 8.74. The second kappa shape index (κ2) is 6.82. The van der Waals surface area contributed by atoms with E-state index in [1.165, 1.54) is 0 Å². The number of carbonyl (C=O) groups excluding carboxylic acids is 1. The van der Waals surface area contributed by atoms with Gasteiger partial charge in [0.1, 0.15) is 0 Å². The van der Waals surface area contributed by atoms with Crippen molar-refractivity contribution >= 4 is 17.2 Å². The Morgan fingerprint density at radius 2 is 2.33 bits per heavy atom. The van der Waals surface area contributed by atoms with Gasteiger partial charge >= 0.3 is 0 Å². The lowest BCUT2D eigenvalue weighted by Gasteiger charge is -2.29. The molecule has 5 nitrogen and oxygen atoms in total. The number of hydrogen-bond donors (Lipinski definition) is 2. The number of nitrogens with two attached hydrogens (primary N) is 1. The topological polar surface area (TPSA) is 71.2 Å². The maximum absolute atomic E-state index is 11.7. The third kappa shape index (κ3) is 4.36. The summed E-state index contributed by atoms with van der Waals surface area (Å²) >= 11 is 1.58. The molecule has 0 radical (unpaired) electrons. The number of nitrogens with one attached hydrogen (secondary N) is 1. The highest BCUT2D eigenvalue weighted by molar-refractivity contribution is 7.07. The zero-order chi connectivity index (χ0) is 12.8. The van der Waals surface area contributed by atoms with Crippen LogP contribution in [0, 0.1) is 0 Å². The monoisotopic (exact) mass is 268 g/mol. The highest BCUT2D eigenvalue weighted by Gasteiger charge is 2.17. The Bertz CT molecular complexity index is 360. The van der Waals surface area contributed by atoms with E-state index in [0.717, 1.165) is 38.0 Å². The molecule has 18 heavy (non-hydrogen) atoms. The number of nitrogens with zero attached hydrogens (tertiary/aromatic N) is 2. The Labute approximate surface area is 111 Å². The average Bonchev–Trinajstić information content (AvgIpc) is 2.85. The van der Waals surface area contributed by atoms with Crippen LogP contribution in [0.15, 0.2) is 10.9 Å². The Hall–Kier alpha value is -0.980. The van der Waals surface area contributed by atoms with Crippen LogP contribution in [0.25, 0.3) is 0 Å². The fourth-order valence-electron chi connectivity index (χ4n) is 2.06. The Morgan fingerprint density at radius 3 is 3.00 bits per heavy atom. The molecule has 0 aromatic carbocycles. The summed E-state index contributed by atoms with van der Waals surface area (Å²) in [5.74, 6) is 0.0979. The van der Waals surface area contributed by atoms with E-state index in [1.807, 2.05) is 10.9 Å². The molecule has 0 aliphatic carbocycles. The Balaban J connectivity index is 1.60. The highest BCUT2D eigenvalue weighted by atomic mass is 32.1. The van der Waals surface area contributed by atoms with Crippen molar-refractivity contribution in [3.63, 3.8) is 0 Å². The first-order valence-electron chi connectivity index (χ1n) is 6.36. The van der Waals surface area contributed by atoms with Crippen molar-refractivity contribution in [2.24, 2.45) is 5.73 Å². The lowest BCUT2D eigenvalue weighted by molar-refractivity contribution is -0.122. The molecule has 100 valence electrons. The molecule has 2 heterocycles. The van der Waals surface area contributed by atoms with Crippen molar-refractivity contribution in [1.29, 1.82) is 0 Å². The summed E-state index contributed by atoms with van der Waals surface area (Å²) < 4.78 is 0. The fraction of sp³-hybridized carbons (Fsp3) is 0.667. The van der Waals surface area contributed by atoms with Gasteiger partial charge in [0.15, 0.2) is 0 Å². The molecule has 0 unspecified atom stereocenters. The molecule has 1 saturated heterocycles. The molecule has 1 fully saturated rings. The zero-order valence-corrected chi connectivity index (χ0v) is 11.3. The molecule has 1 aromatic heterocycles. The molecular weight excluding hydrogens is 248 g/mol. The van der Waals surface area contributed by atoms with Gasteiger partial charge < -0.3 is 11.1 Å². The number of piperidine rings is 1. The summed E-state index contributed by atoms with van der Waals surface area (Å²) in [6.07, 6.45) is 2.79. The van der Waals surface area contributed by atoms with Gasteiger partial charge in [-0.2, -0.15) is 0 Å². The van der Waals surface area contributed by atoms with E-state index in [1.54, 1.807) is 11.3 Å². The first kappa shape index (κ1) is 13.5. The van der Waals surface area contributed by atoms with Gasteiger partial charge in [-0.25, -0.2) is 4.98 Å². The van der Waals surface area contributed by atoms with E-state index in [2.05, 4.69) is 15.2 Å². The summed E-state index contributed by atoms with van der Waals surface area (Å²) in [4.78, 5) is 18.1. The maximum atomic E-state index is 11.7. The van der Waals surface area contributed by atoms with Crippen LogP contribution in [0.1, 0.15) is 18.5 Å². The van der Waals surface area contributed by atoms with Crippen LogP contribution in [-0.4, -0.2) is 48.0 Å². The highest BCUT2D eigenvalue weighted by Crippen LogP contribution is 2.07. The molecule has 6 heteroatoms. The van der Waals surface area contributed by atoms with Crippen LogP contribution in [0.2, 0.25) is 0 Å². The molecule has 1 aromatic rings. The van der Waals surface area contributed by atoms with Gasteiger partial charge in [0, 0.05) is 37.5 Å². The first-order valence-corrected chi connectivity index (χ1v) is 7.30. The van der Waals surface area contributed by atoms with Crippen molar-refractivity contribution in [3.8, 4) is 0 Å². The molecule has 0 saturated carbocycles. The van der Waals surface area contributed by atoms with Crippen molar-refractivity contribution in [2.75, 3.05) is 26.2 Å². The van der Waals surface area contributed by atoms with Crippen molar-refractivity contribution < 1.29 is 4.79 Å². The number of thiazole rings is 1. The summed E-state index contributed by atoms with van der Waals surface area (Å²) in [6.45, 7) is 3.01. The predicted octanol–water partition coefficient (Wildman–Crippen LogP) is 0.225. The molecule has 0 atom stereocenters. The summed E-state index contributed by atoms with van der Waals surface area (Å²) in [5, 5.41) is 4.94. The molecular formula is C12H20N4OS. The number of likely N-dealkylation sites (tertiary alicyclic amines) is 1. The third-order valence-corrected chi connectivity index (χ3v) is 3.82. The van der Waals surface area contributed by atoms with E-state index in [9.17, 15) is 4.79 Å². The van der Waals surface area contributed by atoms with Crippen LogP contribution >= 0.6 is 11.3 Å². The van der Waals surface area contributed by atoms with Gasteiger partial charge in [-0.15, -0.1) is 11.3 Å². The zero-order valence-electron chi connectivity index (χ0n) is 10.5. The number of aromatic nitrogens is 1. The number of amides is 1. The summed E-state index contributed by atoms with van der Waals surface area (Å²) in [7, 11) is 0. The lowest BCUT2D eigenvalue weighted by Crippen LogP contribution is -2.44. The van der Waals surface area contributed by atoms with Crippen LogP contribution < -0.4 is 11.1 Å². The largest absolute Gasteiger partial charge is 0.355 e. The summed E-state index contributed by atoms with van der Waals surface area (Å²) in [5.41, 5.74) is 8.69. The maximum Gasteiger partial charge on any atom is 0.234 e. The number of rotatable bonds is 5. The molecule has 1 aliphatic heterocycles. The quantitative estimate of drug-likeness (QED) is 0.801.